The number of phenolic OH excluding ortho intramolecular Hbond substituents is 1. The van der Waals surface area contributed by atoms with Crippen molar-refractivity contribution in [2.45, 2.75) is 131 Å². The van der Waals surface area contributed by atoms with Crippen LogP contribution in [0, 0.1) is 0 Å². The summed E-state index contributed by atoms with van der Waals surface area (Å²) >= 11 is 0. The lowest BCUT2D eigenvalue weighted by atomic mass is 9.80. The van der Waals surface area contributed by atoms with Crippen molar-refractivity contribution in [2.75, 3.05) is 23.0 Å². The molecule has 0 bridgehead atoms. The molecule has 1 rings (SSSR count). The number of hydrogen-bond acceptors (Lipinski definition) is 1. The fraction of sp³-hybridized carbons (Fsp3) is 0.800. The Labute approximate surface area is 204 Å². The highest BCUT2D eigenvalue weighted by molar-refractivity contribution is 8.33. The van der Waals surface area contributed by atoms with E-state index in [-0.39, 0.29) is 20.9 Å². The molecule has 1 aromatic carbocycles. The highest BCUT2D eigenvalue weighted by atomic mass is 32.3. The molecular weight excluding hydrogens is 408 g/mol. The van der Waals surface area contributed by atoms with Crippen molar-refractivity contribution in [1.29, 1.82) is 0 Å². The highest BCUT2D eigenvalue weighted by Gasteiger charge is 2.24. The minimum Gasteiger partial charge on any atom is -0.507 e. The quantitative estimate of drug-likeness (QED) is 0.325. The predicted molar refractivity (Wildman–Crippen MR) is 152 cm³/mol. The van der Waals surface area contributed by atoms with Crippen molar-refractivity contribution in [2.24, 2.45) is 0 Å². The van der Waals surface area contributed by atoms with Crippen molar-refractivity contribution in [3.05, 3.63) is 29.3 Å². The second-order valence-electron chi connectivity index (χ2n) is 11.7. The van der Waals surface area contributed by atoms with Gasteiger partial charge in [-0.3, -0.25) is 0 Å². The summed E-state index contributed by atoms with van der Waals surface area (Å²) in [6, 6.07) is 6.04. The summed E-state index contributed by atoms with van der Waals surface area (Å²) in [5.74, 6) is 6.75. The second-order valence-corrected chi connectivity index (χ2v) is 15.7. The molecule has 1 N–H and O–H groups in total. The van der Waals surface area contributed by atoms with Crippen LogP contribution in [0.3, 0.4) is 0 Å². The van der Waals surface area contributed by atoms with Gasteiger partial charge in [0.15, 0.2) is 0 Å². The molecule has 0 aliphatic carbocycles. The van der Waals surface area contributed by atoms with Crippen molar-refractivity contribution < 1.29 is 5.11 Å². The maximum absolute atomic E-state index is 10.3. The Morgan fingerprint density at radius 1 is 0.594 bits per heavy atom. The number of benzene rings is 1. The Kier molecular flexibility index (Phi) is 15.0. The van der Waals surface area contributed by atoms with Gasteiger partial charge in [0.1, 0.15) is 5.75 Å². The molecule has 0 aromatic heterocycles. The molecule has 0 amide bonds. The average Bonchev–Trinajstić information content (AvgIpc) is 2.71. The summed E-state index contributed by atoms with van der Waals surface area (Å²) < 4.78 is 0. The predicted octanol–water partition coefficient (Wildman–Crippen LogP) is 9.98. The van der Waals surface area contributed by atoms with E-state index in [0.717, 1.165) is 11.1 Å². The summed E-state index contributed by atoms with van der Waals surface area (Å²) in [4.78, 5) is 0. The SMILES string of the molecule is CC(C)(C)c1cccc(C(C)(C)C)c1O.CCCCS(CCCC)(CCCC)CCCC. The Balaban J connectivity index is 0.000000604. The first-order valence-corrected chi connectivity index (χ1v) is 15.8. The van der Waals surface area contributed by atoms with Gasteiger partial charge in [-0.15, -0.1) is 0 Å². The zero-order valence-electron chi connectivity index (χ0n) is 23.6. The molecule has 0 atom stereocenters. The third kappa shape index (κ3) is 11.5. The monoisotopic (exact) mass is 466 g/mol. The van der Waals surface area contributed by atoms with Gasteiger partial charge in [-0.2, -0.15) is 0 Å². The number of phenols is 1. The summed E-state index contributed by atoms with van der Waals surface area (Å²) in [7, 11) is -0.245. The van der Waals surface area contributed by atoms with Crippen molar-refractivity contribution in [3.8, 4) is 5.75 Å². The molecular formula is C30H58OS. The Bertz CT molecular complexity index is 536. The Morgan fingerprint density at radius 3 is 1.09 bits per heavy atom. The van der Waals surface area contributed by atoms with E-state index in [2.05, 4.69) is 69.2 Å². The van der Waals surface area contributed by atoms with E-state index in [1.165, 1.54) is 51.4 Å². The lowest BCUT2D eigenvalue weighted by Gasteiger charge is -2.41. The van der Waals surface area contributed by atoms with Gasteiger partial charge in [0, 0.05) is 0 Å². The molecule has 2 heteroatoms. The minimum absolute atomic E-state index is 0.00859. The lowest BCUT2D eigenvalue weighted by molar-refractivity contribution is 0.423. The zero-order chi connectivity index (χ0) is 24.8. The summed E-state index contributed by atoms with van der Waals surface area (Å²) in [6.07, 6.45) is 11.5. The molecule has 0 saturated carbocycles. The van der Waals surface area contributed by atoms with Gasteiger partial charge in [0.25, 0.3) is 0 Å². The van der Waals surface area contributed by atoms with E-state index in [1.807, 2.05) is 18.2 Å². The van der Waals surface area contributed by atoms with Crippen LogP contribution in [0.4, 0.5) is 0 Å². The van der Waals surface area contributed by atoms with Gasteiger partial charge in [-0.25, -0.2) is 10.0 Å². The van der Waals surface area contributed by atoms with Crippen LogP contribution in [-0.4, -0.2) is 28.1 Å². The molecule has 0 aliphatic heterocycles. The fourth-order valence-electron chi connectivity index (χ4n) is 4.17. The van der Waals surface area contributed by atoms with Gasteiger partial charge in [0.2, 0.25) is 0 Å². The molecule has 0 aliphatic rings. The smallest absolute Gasteiger partial charge is 0.123 e. The molecule has 190 valence electrons. The third-order valence-electron chi connectivity index (χ3n) is 6.38. The maximum Gasteiger partial charge on any atom is 0.123 e. The van der Waals surface area contributed by atoms with Crippen molar-refractivity contribution in [3.63, 3.8) is 0 Å². The topological polar surface area (TPSA) is 20.2 Å². The van der Waals surface area contributed by atoms with E-state index in [9.17, 15) is 5.11 Å². The largest absolute Gasteiger partial charge is 0.507 e. The molecule has 0 radical (unpaired) electrons. The Morgan fingerprint density at radius 2 is 0.875 bits per heavy atom. The van der Waals surface area contributed by atoms with Crippen LogP contribution in [0.5, 0.6) is 5.75 Å². The summed E-state index contributed by atoms with van der Waals surface area (Å²) in [5.41, 5.74) is 2.03. The first kappa shape index (κ1) is 31.4. The van der Waals surface area contributed by atoms with Crippen LogP contribution in [0.2, 0.25) is 0 Å². The van der Waals surface area contributed by atoms with E-state index >= 15 is 0 Å². The Hall–Kier alpha value is -0.630. The van der Waals surface area contributed by atoms with Gasteiger partial charge in [0.05, 0.1) is 0 Å². The van der Waals surface area contributed by atoms with Crippen LogP contribution in [0.1, 0.15) is 132 Å². The number of unbranched alkanes of at least 4 members (excludes halogenated alkanes) is 4. The second kappa shape index (κ2) is 15.3. The van der Waals surface area contributed by atoms with Gasteiger partial charge < -0.3 is 5.11 Å². The third-order valence-corrected chi connectivity index (χ3v) is 11.0. The molecule has 0 saturated heterocycles. The zero-order valence-corrected chi connectivity index (χ0v) is 24.4. The normalized spacial score (nSPS) is 12.9. The fourth-order valence-corrected chi connectivity index (χ4v) is 9.00. The summed E-state index contributed by atoms with van der Waals surface area (Å²) in [6.45, 7) is 22.1. The average molecular weight is 467 g/mol. The minimum atomic E-state index is -0.245. The van der Waals surface area contributed by atoms with Crippen LogP contribution >= 0.6 is 10.0 Å². The first-order chi connectivity index (χ1) is 14.9. The molecule has 0 fully saturated rings. The lowest BCUT2D eigenvalue weighted by Crippen LogP contribution is -2.18. The molecule has 32 heavy (non-hydrogen) atoms. The van der Waals surface area contributed by atoms with Crippen LogP contribution in [0.25, 0.3) is 0 Å². The van der Waals surface area contributed by atoms with Gasteiger partial charge in [-0.05, 0) is 70.7 Å². The van der Waals surface area contributed by atoms with Crippen molar-refractivity contribution >= 4 is 10.0 Å². The number of rotatable bonds is 12. The van der Waals surface area contributed by atoms with E-state index in [4.69, 9.17) is 0 Å². The van der Waals surface area contributed by atoms with Crippen molar-refractivity contribution in [1.82, 2.24) is 0 Å². The number of para-hydroxylation sites is 1. The summed E-state index contributed by atoms with van der Waals surface area (Å²) in [5, 5.41) is 10.3. The van der Waals surface area contributed by atoms with E-state index < -0.39 is 0 Å². The molecule has 0 spiro atoms. The standard InChI is InChI=1S/C16H36S.C14H22O/c1-5-9-13-17(14-10-6-2,15-11-7-3)16-12-8-4;1-13(2,3)10-8-7-9-11(12(10)15)14(4,5)6/h5-16H2,1-4H3;7-9,15H,1-6H3. The molecule has 1 nitrogen and oxygen atoms in total. The molecule has 0 unspecified atom stereocenters. The van der Waals surface area contributed by atoms with E-state index in [0.29, 0.717) is 5.75 Å². The maximum atomic E-state index is 10.3. The number of aromatic hydroxyl groups is 1. The van der Waals surface area contributed by atoms with Gasteiger partial charge >= 0.3 is 0 Å². The van der Waals surface area contributed by atoms with E-state index in [1.54, 1.807) is 23.0 Å². The number of hydrogen-bond donors (Lipinski definition) is 1. The first-order valence-electron chi connectivity index (χ1n) is 13.5. The van der Waals surface area contributed by atoms with Gasteiger partial charge in [-0.1, -0.05) is 113 Å². The van der Waals surface area contributed by atoms with Crippen LogP contribution in [0.15, 0.2) is 18.2 Å². The van der Waals surface area contributed by atoms with Crippen LogP contribution < -0.4 is 0 Å². The van der Waals surface area contributed by atoms with Crippen LogP contribution in [-0.2, 0) is 10.8 Å². The molecule has 1 aromatic rings. The highest BCUT2D eigenvalue weighted by Crippen LogP contribution is 2.51. The molecule has 0 heterocycles.